The molecule has 0 heterocycles. The van der Waals surface area contributed by atoms with Crippen LogP contribution >= 0.6 is 0 Å². The van der Waals surface area contributed by atoms with Crippen LogP contribution in [0.2, 0.25) is 0 Å². The summed E-state index contributed by atoms with van der Waals surface area (Å²) in [5, 5.41) is 0. The highest BCUT2D eigenvalue weighted by Gasteiger charge is 2.71. The summed E-state index contributed by atoms with van der Waals surface area (Å²) in [6.07, 6.45) is -19.4. The lowest BCUT2D eigenvalue weighted by Gasteiger charge is -2.30. The molecule has 0 aromatic carbocycles. The van der Waals surface area contributed by atoms with Gasteiger partial charge in [0.15, 0.2) is 5.92 Å². The number of nitrogens with zero attached hydrogens (tertiary/aromatic N) is 1. The van der Waals surface area contributed by atoms with Gasteiger partial charge in [0.05, 0.1) is 0 Å². The van der Waals surface area contributed by atoms with Crippen molar-refractivity contribution < 1.29 is 48.3 Å². The molecule has 0 amide bonds. The zero-order valence-corrected chi connectivity index (χ0v) is 10.3. The van der Waals surface area contributed by atoms with Crippen molar-refractivity contribution in [2.75, 3.05) is 0 Å². The van der Waals surface area contributed by atoms with E-state index in [1.807, 2.05) is 0 Å². The van der Waals surface area contributed by atoms with Gasteiger partial charge < -0.3 is 0 Å². The largest absolute Gasteiger partial charge is 0.459 e. The predicted molar refractivity (Wildman–Crippen MR) is 49.2 cm³/mol. The SMILES string of the molecule is CC(C)N=C(C(C(F)(F)F)C(F)(F)F)C(F)(F)C(F)(F)F. The number of alkyl halides is 11. The first-order chi connectivity index (χ1) is 8.92. The van der Waals surface area contributed by atoms with E-state index in [0.717, 1.165) is 13.8 Å². The summed E-state index contributed by atoms with van der Waals surface area (Å²) in [6, 6.07) is -1.64. The fraction of sp³-hybridized carbons (Fsp3) is 0.889. The summed E-state index contributed by atoms with van der Waals surface area (Å²) in [5.41, 5.74) is -3.31. The quantitative estimate of drug-likeness (QED) is 0.519. The van der Waals surface area contributed by atoms with Crippen molar-refractivity contribution in [1.82, 2.24) is 0 Å². The Kier molecular flexibility index (Phi) is 5.30. The van der Waals surface area contributed by atoms with E-state index < -0.39 is 42.1 Å². The van der Waals surface area contributed by atoms with E-state index >= 15 is 0 Å². The van der Waals surface area contributed by atoms with Gasteiger partial charge in [-0.1, -0.05) is 0 Å². The molecule has 0 radical (unpaired) electrons. The Morgan fingerprint density at radius 1 is 0.714 bits per heavy atom. The van der Waals surface area contributed by atoms with Crippen molar-refractivity contribution in [2.45, 2.75) is 44.3 Å². The van der Waals surface area contributed by atoms with E-state index in [9.17, 15) is 48.3 Å². The normalized spacial score (nSPS) is 16.0. The Balaban J connectivity index is 6.30. The predicted octanol–water partition coefficient (Wildman–Crippen LogP) is 4.77. The topological polar surface area (TPSA) is 12.4 Å². The van der Waals surface area contributed by atoms with Crippen LogP contribution < -0.4 is 0 Å². The van der Waals surface area contributed by atoms with Crippen molar-refractivity contribution in [3.8, 4) is 0 Å². The standard InChI is InChI=1S/C9H8F11N/c1-3(2)21-5(6(10,11)9(18,19)20)4(7(12,13)14)8(15,16)17/h3-4H,1-2H3. The van der Waals surface area contributed by atoms with E-state index in [2.05, 4.69) is 4.99 Å². The Morgan fingerprint density at radius 2 is 1.05 bits per heavy atom. The molecule has 0 aliphatic carbocycles. The second-order valence-electron chi connectivity index (χ2n) is 4.20. The Bertz CT molecular complexity index is 370. The van der Waals surface area contributed by atoms with Gasteiger partial charge in [-0.3, -0.25) is 4.99 Å². The minimum absolute atomic E-state index is 0.760. The Hall–Kier alpha value is -1.10. The molecule has 21 heavy (non-hydrogen) atoms. The van der Waals surface area contributed by atoms with Gasteiger partial charge in [0.1, 0.15) is 5.71 Å². The van der Waals surface area contributed by atoms with E-state index in [4.69, 9.17) is 0 Å². The molecule has 0 saturated carbocycles. The number of aliphatic imine (C=N–C) groups is 1. The van der Waals surface area contributed by atoms with Crippen molar-refractivity contribution in [2.24, 2.45) is 10.9 Å². The monoisotopic (exact) mass is 339 g/mol. The molecule has 0 atom stereocenters. The Labute approximate surface area is 110 Å². The minimum Gasteiger partial charge on any atom is -0.284 e. The molecule has 12 heteroatoms. The van der Waals surface area contributed by atoms with Gasteiger partial charge in [-0.05, 0) is 13.8 Å². The molecule has 0 N–H and O–H groups in total. The van der Waals surface area contributed by atoms with Gasteiger partial charge in [-0.25, -0.2) is 0 Å². The van der Waals surface area contributed by atoms with Crippen LogP contribution in [0.5, 0.6) is 0 Å². The number of halogens is 11. The lowest BCUT2D eigenvalue weighted by atomic mass is 9.95. The average Bonchev–Trinajstić information content (AvgIpc) is 2.08. The average molecular weight is 339 g/mol. The van der Waals surface area contributed by atoms with Crippen LogP contribution in [-0.4, -0.2) is 36.2 Å². The lowest BCUT2D eigenvalue weighted by Crippen LogP contribution is -2.55. The number of rotatable bonds is 3. The van der Waals surface area contributed by atoms with Gasteiger partial charge in [0, 0.05) is 6.04 Å². The highest BCUT2D eigenvalue weighted by Crippen LogP contribution is 2.47. The number of hydrogen-bond acceptors (Lipinski definition) is 1. The van der Waals surface area contributed by atoms with Crippen LogP contribution in [-0.2, 0) is 0 Å². The van der Waals surface area contributed by atoms with Crippen LogP contribution in [0, 0.1) is 5.92 Å². The summed E-state index contributed by atoms with van der Waals surface area (Å²) in [4.78, 5) is 2.25. The first-order valence-corrected chi connectivity index (χ1v) is 5.08. The zero-order valence-electron chi connectivity index (χ0n) is 10.3. The van der Waals surface area contributed by atoms with E-state index in [1.165, 1.54) is 0 Å². The summed E-state index contributed by atoms with van der Waals surface area (Å²) in [7, 11) is 0. The minimum atomic E-state index is -6.64. The van der Waals surface area contributed by atoms with Crippen molar-refractivity contribution in [3.63, 3.8) is 0 Å². The fourth-order valence-corrected chi connectivity index (χ4v) is 1.26. The molecule has 0 saturated heterocycles. The van der Waals surface area contributed by atoms with Gasteiger partial charge in [-0.2, -0.15) is 48.3 Å². The van der Waals surface area contributed by atoms with Crippen LogP contribution in [0.25, 0.3) is 0 Å². The molecule has 0 fully saturated rings. The molecule has 1 nitrogen and oxygen atoms in total. The summed E-state index contributed by atoms with van der Waals surface area (Å²) < 4.78 is 136. The second kappa shape index (κ2) is 5.59. The van der Waals surface area contributed by atoms with Crippen molar-refractivity contribution in [1.29, 1.82) is 0 Å². The molecule has 0 rings (SSSR count). The van der Waals surface area contributed by atoms with Crippen LogP contribution in [0.1, 0.15) is 13.8 Å². The first kappa shape index (κ1) is 19.9. The summed E-state index contributed by atoms with van der Waals surface area (Å²) >= 11 is 0. The van der Waals surface area contributed by atoms with Crippen LogP contribution in [0.4, 0.5) is 48.3 Å². The van der Waals surface area contributed by atoms with E-state index in [-0.39, 0.29) is 0 Å². The third-order valence-electron chi connectivity index (χ3n) is 2.00. The molecule has 0 aliphatic rings. The van der Waals surface area contributed by atoms with Crippen molar-refractivity contribution >= 4 is 5.71 Å². The van der Waals surface area contributed by atoms with Gasteiger partial charge in [0.2, 0.25) is 0 Å². The summed E-state index contributed by atoms with van der Waals surface area (Å²) in [6.45, 7) is 1.52. The highest BCUT2D eigenvalue weighted by molar-refractivity contribution is 5.95. The maximum Gasteiger partial charge on any atom is 0.459 e. The third-order valence-corrected chi connectivity index (χ3v) is 2.00. The molecule has 126 valence electrons. The van der Waals surface area contributed by atoms with Gasteiger partial charge in [0.25, 0.3) is 0 Å². The molecular weight excluding hydrogens is 331 g/mol. The maximum absolute atomic E-state index is 13.0. The molecule has 0 aromatic heterocycles. The zero-order chi connectivity index (χ0) is 17.4. The lowest BCUT2D eigenvalue weighted by molar-refractivity contribution is -0.280. The molecule has 0 bridgehead atoms. The molecule has 0 aliphatic heterocycles. The van der Waals surface area contributed by atoms with Gasteiger partial charge in [-0.15, -0.1) is 0 Å². The van der Waals surface area contributed by atoms with E-state index in [0.29, 0.717) is 0 Å². The molecular formula is C9H8F11N. The smallest absolute Gasteiger partial charge is 0.284 e. The van der Waals surface area contributed by atoms with Gasteiger partial charge >= 0.3 is 24.5 Å². The first-order valence-electron chi connectivity index (χ1n) is 5.08. The second-order valence-corrected chi connectivity index (χ2v) is 4.20. The van der Waals surface area contributed by atoms with Crippen LogP contribution in [0.3, 0.4) is 0 Å². The fourth-order valence-electron chi connectivity index (χ4n) is 1.26. The Morgan fingerprint density at radius 3 is 1.24 bits per heavy atom. The number of hydrogen-bond donors (Lipinski definition) is 0. The summed E-state index contributed by atoms with van der Waals surface area (Å²) in [5.74, 6) is -11.4. The van der Waals surface area contributed by atoms with E-state index in [1.54, 1.807) is 0 Å². The third kappa shape index (κ3) is 4.70. The van der Waals surface area contributed by atoms with Crippen LogP contribution in [0.15, 0.2) is 4.99 Å². The van der Waals surface area contributed by atoms with Crippen molar-refractivity contribution in [3.05, 3.63) is 0 Å². The molecule has 0 unspecified atom stereocenters. The molecule has 0 spiro atoms. The maximum atomic E-state index is 13.0. The highest BCUT2D eigenvalue weighted by atomic mass is 19.4. The molecule has 0 aromatic rings.